The van der Waals surface area contributed by atoms with Crippen molar-refractivity contribution in [2.24, 2.45) is 0 Å². The molecule has 32 heavy (non-hydrogen) atoms. The van der Waals surface area contributed by atoms with Crippen LogP contribution in [-0.4, -0.2) is 46.8 Å². The molecule has 1 aromatic heterocycles. The van der Waals surface area contributed by atoms with Gasteiger partial charge < -0.3 is 16.0 Å². The molecular weight excluding hydrogens is 434 g/mol. The number of rotatable bonds is 8. The van der Waals surface area contributed by atoms with Crippen molar-refractivity contribution in [2.45, 2.75) is 31.8 Å². The van der Waals surface area contributed by atoms with Crippen molar-refractivity contribution in [3.05, 3.63) is 58.3 Å². The minimum atomic E-state index is -1.18. The van der Waals surface area contributed by atoms with Crippen molar-refractivity contribution in [1.29, 1.82) is 0 Å². The van der Waals surface area contributed by atoms with E-state index in [0.717, 1.165) is 10.4 Å². The van der Waals surface area contributed by atoms with Crippen molar-refractivity contribution in [2.75, 3.05) is 6.54 Å². The van der Waals surface area contributed by atoms with E-state index >= 15 is 0 Å². The smallest absolute Gasteiger partial charge is 0.343 e. The summed E-state index contributed by atoms with van der Waals surface area (Å²) in [5, 5.41) is 9.61. The van der Waals surface area contributed by atoms with Gasteiger partial charge in [0.25, 0.3) is 11.8 Å². The molecular formula is C21H23N5O5S. The zero-order valence-electron chi connectivity index (χ0n) is 17.3. The molecule has 10 nitrogen and oxygen atoms in total. The number of carbonyl (C=O) groups is 5. The molecule has 0 spiro atoms. The van der Waals surface area contributed by atoms with Crippen molar-refractivity contribution < 1.29 is 24.0 Å². The van der Waals surface area contributed by atoms with Crippen LogP contribution in [0.5, 0.6) is 0 Å². The fourth-order valence-corrected chi connectivity index (χ4v) is 3.70. The van der Waals surface area contributed by atoms with Crippen molar-refractivity contribution in [3.63, 3.8) is 0 Å². The number of urea groups is 1. The quantitative estimate of drug-likeness (QED) is 0.337. The molecule has 1 aliphatic heterocycles. The number of aryl methyl sites for hydroxylation is 1. The zero-order valence-corrected chi connectivity index (χ0v) is 18.2. The highest BCUT2D eigenvalue weighted by Crippen LogP contribution is 2.22. The van der Waals surface area contributed by atoms with Crippen LogP contribution in [0.25, 0.3) is 0 Å². The predicted molar refractivity (Wildman–Crippen MR) is 116 cm³/mol. The number of amides is 6. The lowest BCUT2D eigenvalue weighted by molar-refractivity contribution is -0.141. The van der Waals surface area contributed by atoms with Gasteiger partial charge in [0.2, 0.25) is 0 Å². The van der Waals surface area contributed by atoms with Crippen LogP contribution in [0, 0.1) is 0 Å². The molecule has 0 unspecified atom stereocenters. The summed E-state index contributed by atoms with van der Waals surface area (Å²) in [5.41, 5.74) is 2.01. The fourth-order valence-electron chi connectivity index (χ4n) is 3.06. The third-order valence-corrected chi connectivity index (χ3v) is 5.75. The normalized spacial score (nSPS) is 17.6. The SMILES string of the molecule is C[C@]1(CCc2ccccc2)NC(=O)N(NC(=O)CNC(=O)C(=O)NCc2cccs2)C1=O. The van der Waals surface area contributed by atoms with Gasteiger partial charge in [-0.05, 0) is 36.8 Å². The summed E-state index contributed by atoms with van der Waals surface area (Å²) in [6.07, 6.45) is 0.900. The number of thiophene rings is 1. The largest absolute Gasteiger partial charge is 0.344 e. The van der Waals surface area contributed by atoms with E-state index in [9.17, 15) is 24.0 Å². The first-order chi connectivity index (χ1) is 15.3. The van der Waals surface area contributed by atoms with E-state index in [1.165, 1.54) is 11.3 Å². The highest BCUT2D eigenvalue weighted by molar-refractivity contribution is 7.09. The van der Waals surface area contributed by atoms with E-state index < -0.39 is 41.7 Å². The lowest BCUT2D eigenvalue weighted by Gasteiger charge is -2.21. The standard InChI is InChI=1S/C21H23N5O5S/c1-21(10-9-14-6-3-2-4-7-14)19(30)26(20(31)24-21)25-16(27)13-23-18(29)17(28)22-12-15-8-5-11-32-15/h2-8,11H,9-10,12-13H2,1H3,(H,22,28)(H,23,29)(H,24,31)(H,25,27)/t21-/m1/s1. The highest BCUT2D eigenvalue weighted by Gasteiger charge is 2.48. The van der Waals surface area contributed by atoms with Crippen LogP contribution in [0.2, 0.25) is 0 Å². The number of nitrogens with one attached hydrogen (secondary N) is 4. The molecule has 1 aliphatic rings. The van der Waals surface area contributed by atoms with Crippen molar-refractivity contribution in [3.8, 4) is 0 Å². The topological polar surface area (TPSA) is 137 Å². The second kappa shape index (κ2) is 10.1. The monoisotopic (exact) mass is 457 g/mol. The predicted octanol–water partition coefficient (Wildman–Crippen LogP) is 0.455. The van der Waals surface area contributed by atoms with Crippen molar-refractivity contribution in [1.82, 2.24) is 26.4 Å². The van der Waals surface area contributed by atoms with Gasteiger partial charge in [-0.2, -0.15) is 5.01 Å². The average Bonchev–Trinajstić information content (AvgIpc) is 3.38. The van der Waals surface area contributed by atoms with Gasteiger partial charge in [-0.25, -0.2) is 4.79 Å². The summed E-state index contributed by atoms with van der Waals surface area (Å²) >= 11 is 1.43. The molecule has 1 saturated heterocycles. The first kappa shape index (κ1) is 22.9. The molecule has 6 amide bonds. The number of benzene rings is 1. The highest BCUT2D eigenvalue weighted by atomic mass is 32.1. The van der Waals surface area contributed by atoms with Gasteiger partial charge in [0, 0.05) is 4.88 Å². The van der Waals surface area contributed by atoms with Gasteiger partial charge in [0.05, 0.1) is 13.1 Å². The Morgan fingerprint density at radius 2 is 1.75 bits per heavy atom. The average molecular weight is 458 g/mol. The van der Waals surface area contributed by atoms with E-state index in [4.69, 9.17) is 0 Å². The number of hydrazine groups is 1. The lowest BCUT2D eigenvalue weighted by Crippen LogP contribution is -2.52. The molecule has 0 bridgehead atoms. The van der Waals surface area contributed by atoms with Crippen molar-refractivity contribution >= 4 is 41.0 Å². The number of hydrogen-bond donors (Lipinski definition) is 4. The summed E-state index contributed by atoms with van der Waals surface area (Å²) in [7, 11) is 0. The Kier molecular flexibility index (Phi) is 7.21. The summed E-state index contributed by atoms with van der Waals surface area (Å²) in [4.78, 5) is 61.6. The van der Waals surface area contributed by atoms with Crippen LogP contribution in [0.3, 0.4) is 0 Å². The lowest BCUT2D eigenvalue weighted by atomic mass is 9.93. The minimum absolute atomic E-state index is 0.195. The van der Waals surface area contributed by atoms with Gasteiger partial charge in [-0.3, -0.25) is 24.6 Å². The molecule has 3 rings (SSSR count). The van der Waals surface area contributed by atoms with E-state index in [1.54, 1.807) is 6.92 Å². The molecule has 2 heterocycles. The Morgan fingerprint density at radius 3 is 2.44 bits per heavy atom. The molecule has 168 valence electrons. The molecule has 4 N–H and O–H groups in total. The van der Waals surface area contributed by atoms with Crippen LogP contribution in [0.1, 0.15) is 23.8 Å². The second-order valence-corrected chi connectivity index (χ2v) is 8.40. The Bertz CT molecular complexity index is 1010. The van der Waals surface area contributed by atoms with Gasteiger partial charge in [-0.15, -0.1) is 11.3 Å². The van der Waals surface area contributed by atoms with E-state index in [-0.39, 0.29) is 6.54 Å². The third-order valence-electron chi connectivity index (χ3n) is 4.87. The van der Waals surface area contributed by atoms with Crippen LogP contribution in [0.4, 0.5) is 4.79 Å². The molecule has 2 aromatic rings. The van der Waals surface area contributed by atoms with Crippen LogP contribution >= 0.6 is 11.3 Å². The first-order valence-electron chi connectivity index (χ1n) is 9.87. The summed E-state index contributed by atoms with van der Waals surface area (Å²) in [6.45, 7) is 1.20. The molecule has 1 fully saturated rings. The van der Waals surface area contributed by atoms with E-state index in [0.29, 0.717) is 17.9 Å². The third kappa shape index (κ3) is 5.70. The van der Waals surface area contributed by atoms with Crippen LogP contribution in [0.15, 0.2) is 47.8 Å². The van der Waals surface area contributed by atoms with Gasteiger partial charge >= 0.3 is 17.8 Å². The number of imide groups is 1. The molecule has 0 aliphatic carbocycles. The Hall–Kier alpha value is -3.73. The van der Waals surface area contributed by atoms with E-state index in [1.807, 2.05) is 47.8 Å². The maximum absolute atomic E-state index is 12.7. The van der Waals surface area contributed by atoms with Gasteiger partial charge in [-0.1, -0.05) is 36.4 Å². The number of nitrogens with zero attached hydrogens (tertiary/aromatic N) is 1. The van der Waals surface area contributed by atoms with Gasteiger partial charge in [0.15, 0.2) is 0 Å². The zero-order chi connectivity index (χ0) is 23.1. The molecule has 1 atom stereocenters. The first-order valence-corrected chi connectivity index (χ1v) is 10.7. The van der Waals surface area contributed by atoms with Gasteiger partial charge in [0.1, 0.15) is 5.54 Å². The molecule has 0 saturated carbocycles. The Balaban J connectivity index is 1.45. The molecule has 1 aromatic carbocycles. The molecule has 11 heteroatoms. The minimum Gasteiger partial charge on any atom is -0.343 e. The number of hydrogen-bond acceptors (Lipinski definition) is 6. The number of carbonyl (C=O) groups excluding carboxylic acids is 5. The molecule has 0 radical (unpaired) electrons. The maximum atomic E-state index is 12.7. The van der Waals surface area contributed by atoms with Crippen LogP contribution in [-0.2, 0) is 32.1 Å². The summed E-state index contributed by atoms with van der Waals surface area (Å²) in [6, 6.07) is 12.4. The summed E-state index contributed by atoms with van der Waals surface area (Å²) in [5.74, 6) is -3.32. The second-order valence-electron chi connectivity index (χ2n) is 7.37. The Morgan fingerprint density at radius 1 is 1.03 bits per heavy atom. The maximum Gasteiger partial charge on any atom is 0.344 e. The van der Waals surface area contributed by atoms with Crippen LogP contribution < -0.4 is 21.4 Å². The summed E-state index contributed by atoms with van der Waals surface area (Å²) < 4.78 is 0. The fraction of sp³-hybridized carbons (Fsp3) is 0.286. The van der Waals surface area contributed by atoms with E-state index in [2.05, 4.69) is 21.4 Å². The Labute approximate surface area is 188 Å².